The van der Waals surface area contributed by atoms with Gasteiger partial charge in [-0.3, -0.25) is 14.3 Å². The van der Waals surface area contributed by atoms with Crippen LogP contribution in [-0.4, -0.2) is 41.4 Å². The molecule has 1 fully saturated rings. The van der Waals surface area contributed by atoms with E-state index in [0.29, 0.717) is 13.2 Å². The van der Waals surface area contributed by atoms with Crippen LogP contribution in [0.5, 0.6) is 0 Å². The molecule has 0 unspecified atom stereocenters. The Morgan fingerprint density at radius 1 is 1.30 bits per heavy atom. The highest BCUT2D eigenvalue weighted by Crippen LogP contribution is 2.14. The summed E-state index contributed by atoms with van der Waals surface area (Å²) in [4.78, 5) is 25.9. The largest absolute Gasteiger partial charge is 0.383 e. The molecule has 0 aromatic carbocycles. The number of nitrogens with two attached hydrogens (primary N) is 1. The molecule has 112 valence electrons. The number of hydrogen-bond donors (Lipinski definition) is 3. The van der Waals surface area contributed by atoms with Gasteiger partial charge in [-0.1, -0.05) is 6.42 Å². The van der Waals surface area contributed by atoms with Gasteiger partial charge in [-0.05, 0) is 12.8 Å². The van der Waals surface area contributed by atoms with Crippen molar-refractivity contribution in [2.45, 2.75) is 25.8 Å². The Kier molecular flexibility index (Phi) is 4.80. The number of nitrogens with zero attached hydrogens (tertiary/aromatic N) is 2. The lowest BCUT2D eigenvalue weighted by molar-refractivity contribution is 0.186. The van der Waals surface area contributed by atoms with E-state index in [9.17, 15) is 9.59 Å². The summed E-state index contributed by atoms with van der Waals surface area (Å²) in [5.41, 5.74) is 8.18. The van der Waals surface area contributed by atoms with Gasteiger partial charge in [0.1, 0.15) is 5.82 Å². The molecule has 1 saturated heterocycles. The SMILES string of the molecule is COCCn1c(N)c(NN2CCCCC2)c(=O)[nH]c1=O. The van der Waals surface area contributed by atoms with Crippen LogP contribution in [0.4, 0.5) is 11.5 Å². The van der Waals surface area contributed by atoms with E-state index in [4.69, 9.17) is 10.5 Å². The van der Waals surface area contributed by atoms with Crippen molar-refractivity contribution < 1.29 is 4.74 Å². The Morgan fingerprint density at radius 2 is 2.00 bits per heavy atom. The third kappa shape index (κ3) is 3.20. The van der Waals surface area contributed by atoms with Crippen LogP contribution in [0.15, 0.2) is 9.59 Å². The summed E-state index contributed by atoms with van der Waals surface area (Å²) in [6.45, 7) is 2.36. The van der Waals surface area contributed by atoms with Crippen molar-refractivity contribution in [2.24, 2.45) is 0 Å². The normalized spacial score (nSPS) is 16.2. The monoisotopic (exact) mass is 283 g/mol. The summed E-state index contributed by atoms with van der Waals surface area (Å²) in [6.07, 6.45) is 3.35. The number of piperidine rings is 1. The summed E-state index contributed by atoms with van der Waals surface area (Å²) >= 11 is 0. The van der Waals surface area contributed by atoms with Crippen LogP contribution >= 0.6 is 0 Å². The first kappa shape index (κ1) is 14.6. The average molecular weight is 283 g/mol. The Hall–Kier alpha value is -1.80. The molecule has 1 aromatic rings. The predicted molar refractivity (Wildman–Crippen MR) is 76.7 cm³/mol. The van der Waals surface area contributed by atoms with Gasteiger partial charge < -0.3 is 15.9 Å². The summed E-state index contributed by atoms with van der Waals surface area (Å²) in [7, 11) is 1.54. The van der Waals surface area contributed by atoms with Gasteiger partial charge in [0.05, 0.1) is 13.2 Å². The van der Waals surface area contributed by atoms with Crippen molar-refractivity contribution in [1.82, 2.24) is 14.6 Å². The first-order valence-corrected chi connectivity index (χ1v) is 6.76. The summed E-state index contributed by atoms with van der Waals surface area (Å²) < 4.78 is 6.24. The number of anilines is 2. The summed E-state index contributed by atoms with van der Waals surface area (Å²) in [5.74, 6) is 0.140. The number of methoxy groups -OCH3 is 1. The van der Waals surface area contributed by atoms with Crippen LogP contribution in [0.3, 0.4) is 0 Å². The minimum absolute atomic E-state index is 0.140. The molecule has 0 saturated carbocycles. The van der Waals surface area contributed by atoms with E-state index in [-0.39, 0.29) is 11.5 Å². The molecule has 8 nitrogen and oxygen atoms in total. The van der Waals surface area contributed by atoms with Gasteiger partial charge in [0, 0.05) is 20.2 Å². The molecule has 20 heavy (non-hydrogen) atoms. The number of nitrogens with one attached hydrogen (secondary N) is 2. The first-order valence-electron chi connectivity index (χ1n) is 6.76. The molecular weight excluding hydrogens is 262 g/mol. The lowest BCUT2D eigenvalue weighted by Gasteiger charge is -2.28. The molecule has 4 N–H and O–H groups in total. The minimum atomic E-state index is -0.520. The van der Waals surface area contributed by atoms with Gasteiger partial charge in [-0.15, -0.1) is 0 Å². The van der Waals surface area contributed by atoms with Crippen molar-refractivity contribution in [3.05, 3.63) is 20.8 Å². The average Bonchev–Trinajstić information content (AvgIpc) is 2.44. The van der Waals surface area contributed by atoms with Crippen LogP contribution in [0.1, 0.15) is 19.3 Å². The van der Waals surface area contributed by atoms with Gasteiger partial charge in [0.15, 0.2) is 5.69 Å². The Morgan fingerprint density at radius 3 is 2.65 bits per heavy atom. The predicted octanol–water partition coefficient (Wildman–Crippen LogP) is -0.422. The molecule has 8 heteroatoms. The zero-order chi connectivity index (χ0) is 14.5. The number of hydrogen-bond acceptors (Lipinski definition) is 6. The second-order valence-electron chi connectivity index (χ2n) is 4.82. The van der Waals surface area contributed by atoms with Crippen molar-refractivity contribution in [3.8, 4) is 0 Å². The highest BCUT2D eigenvalue weighted by atomic mass is 16.5. The van der Waals surface area contributed by atoms with E-state index < -0.39 is 11.2 Å². The number of H-pyrrole nitrogens is 1. The van der Waals surface area contributed by atoms with E-state index >= 15 is 0 Å². The van der Waals surface area contributed by atoms with Gasteiger partial charge >= 0.3 is 5.69 Å². The molecule has 0 amide bonds. The quantitative estimate of drug-likeness (QED) is 0.677. The fourth-order valence-electron chi connectivity index (χ4n) is 2.26. The zero-order valence-corrected chi connectivity index (χ0v) is 11.6. The van der Waals surface area contributed by atoms with Crippen LogP contribution in [0.2, 0.25) is 0 Å². The van der Waals surface area contributed by atoms with Crippen molar-refractivity contribution in [3.63, 3.8) is 0 Å². The molecule has 0 bridgehead atoms. The Balaban J connectivity index is 2.26. The number of rotatable bonds is 5. The third-order valence-corrected chi connectivity index (χ3v) is 3.38. The number of aromatic nitrogens is 2. The molecule has 1 aliphatic rings. The molecular formula is C12H21N5O3. The van der Waals surface area contributed by atoms with Gasteiger partial charge in [0.2, 0.25) is 0 Å². The molecule has 2 heterocycles. The summed E-state index contributed by atoms with van der Waals surface area (Å²) in [5, 5.41) is 1.95. The standard InChI is InChI=1S/C12H21N5O3/c1-20-8-7-17-10(13)9(11(18)14-12(17)19)15-16-5-3-2-4-6-16/h15H,2-8,13H2,1H3,(H,14,18,19). The van der Waals surface area contributed by atoms with Crippen LogP contribution in [0.25, 0.3) is 0 Å². The molecule has 1 aromatic heterocycles. The number of ether oxygens (including phenoxy) is 1. The molecule has 0 spiro atoms. The highest BCUT2D eigenvalue weighted by Gasteiger charge is 2.16. The highest BCUT2D eigenvalue weighted by molar-refractivity contribution is 5.59. The lowest BCUT2D eigenvalue weighted by Crippen LogP contribution is -2.40. The number of aromatic amines is 1. The minimum Gasteiger partial charge on any atom is -0.383 e. The zero-order valence-electron chi connectivity index (χ0n) is 11.6. The second kappa shape index (κ2) is 6.58. The van der Waals surface area contributed by atoms with E-state index in [2.05, 4.69) is 10.4 Å². The van der Waals surface area contributed by atoms with Crippen molar-refractivity contribution in [1.29, 1.82) is 0 Å². The maximum absolute atomic E-state index is 11.9. The maximum Gasteiger partial charge on any atom is 0.330 e. The van der Waals surface area contributed by atoms with E-state index in [0.717, 1.165) is 25.9 Å². The Bertz CT molecular complexity index is 559. The van der Waals surface area contributed by atoms with Gasteiger partial charge in [-0.2, -0.15) is 0 Å². The van der Waals surface area contributed by atoms with Crippen LogP contribution in [-0.2, 0) is 11.3 Å². The van der Waals surface area contributed by atoms with E-state index in [1.54, 1.807) is 7.11 Å². The van der Waals surface area contributed by atoms with Crippen molar-refractivity contribution >= 4 is 11.5 Å². The van der Waals surface area contributed by atoms with Crippen molar-refractivity contribution in [2.75, 3.05) is 38.0 Å². The lowest BCUT2D eigenvalue weighted by atomic mass is 10.2. The topological polar surface area (TPSA) is 105 Å². The third-order valence-electron chi connectivity index (χ3n) is 3.38. The molecule has 0 aliphatic carbocycles. The van der Waals surface area contributed by atoms with E-state index in [1.165, 1.54) is 11.0 Å². The summed E-state index contributed by atoms with van der Waals surface area (Å²) in [6, 6.07) is 0. The molecule has 2 rings (SSSR count). The van der Waals surface area contributed by atoms with Crippen LogP contribution in [0, 0.1) is 0 Å². The van der Waals surface area contributed by atoms with Gasteiger partial charge in [-0.25, -0.2) is 9.80 Å². The first-order chi connectivity index (χ1) is 9.63. The van der Waals surface area contributed by atoms with E-state index in [1.807, 2.05) is 5.01 Å². The molecule has 0 radical (unpaired) electrons. The number of nitrogen functional groups attached to an aromatic ring is 1. The Labute approximate surface area is 116 Å². The molecule has 0 atom stereocenters. The van der Waals surface area contributed by atoms with Gasteiger partial charge in [0.25, 0.3) is 5.56 Å². The fourth-order valence-corrected chi connectivity index (χ4v) is 2.26. The fraction of sp³-hybridized carbons (Fsp3) is 0.667. The van der Waals surface area contributed by atoms with Crippen LogP contribution < -0.4 is 22.4 Å². The second-order valence-corrected chi connectivity index (χ2v) is 4.82. The number of hydrazine groups is 1. The smallest absolute Gasteiger partial charge is 0.330 e. The molecule has 1 aliphatic heterocycles. The maximum atomic E-state index is 11.9.